The number of nitrogens with zero attached hydrogens (tertiary/aromatic N) is 2. The normalized spacial score (nSPS) is 28.1. The first-order chi connectivity index (χ1) is 9.66. The Morgan fingerprint density at radius 3 is 2.90 bits per heavy atom. The fourth-order valence-corrected chi connectivity index (χ4v) is 3.62. The summed E-state index contributed by atoms with van der Waals surface area (Å²) < 4.78 is 0. The Hall–Kier alpha value is -1.46. The number of benzene rings is 1. The maximum atomic E-state index is 11.2. The Bertz CT molecular complexity index is 506. The van der Waals surface area contributed by atoms with Gasteiger partial charge < -0.3 is 5.32 Å². The molecule has 5 heteroatoms. The molecule has 2 aliphatic rings. The van der Waals surface area contributed by atoms with E-state index in [9.17, 15) is 10.1 Å². The Kier molecular flexibility index (Phi) is 3.72. The van der Waals surface area contributed by atoms with Crippen molar-refractivity contribution in [2.75, 3.05) is 26.2 Å². The smallest absolute Gasteiger partial charge is 0.274 e. The molecule has 0 radical (unpaired) electrons. The van der Waals surface area contributed by atoms with Gasteiger partial charge in [0, 0.05) is 24.2 Å². The van der Waals surface area contributed by atoms with Crippen LogP contribution in [0.2, 0.25) is 0 Å². The number of para-hydroxylation sites is 1. The Labute approximate surface area is 119 Å². The van der Waals surface area contributed by atoms with Gasteiger partial charge in [-0.25, -0.2) is 0 Å². The summed E-state index contributed by atoms with van der Waals surface area (Å²) in [7, 11) is 0. The molecule has 108 valence electrons. The molecule has 0 bridgehead atoms. The summed E-state index contributed by atoms with van der Waals surface area (Å²) in [5.41, 5.74) is 1.08. The largest absolute Gasteiger partial charge is 0.316 e. The van der Waals surface area contributed by atoms with Crippen LogP contribution in [-0.2, 0) is 0 Å². The van der Waals surface area contributed by atoms with Crippen molar-refractivity contribution in [1.82, 2.24) is 10.2 Å². The molecular weight excluding hydrogens is 254 g/mol. The molecule has 1 N–H and O–H groups in total. The summed E-state index contributed by atoms with van der Waals surface area (Å²) in [6, 6.07) is 7.24. The summed E-state index contributed by atoms with van der Waals surface area (Å²) in [6.45, 7) is 6.40. The maximum Gasteiger partial charge on any atom is 0.274 e. The van der Waals surface area contributed by atoms with E-state index in [1.165, 1.54) is 6.42 Å². The van der Waals surface area contributed by atoms with E-state index in [1.807, 2.05) is 12.1 Å². The molecule has 3 rings (SSSR count). The Balaban J connectivity index is 1.79. The molecule has 2 heterocycles. The molecule has 0 aliphatic carbocycles. The van der Waals surface area contributed by atoms with Gasteiger partial charge in [-0.1, -0.05) is 18.2 Å². The maximum absolute atomic E-state index is 11.2. The lowest BCUT2D eigenvalue weighted by Gasteiger charge is -2.38. The highest BCUT2D eigenvalue weighted by atomic mass is 16.6. The average Bonchev–Trinajstić information content (AvgIpc) is 2.93. The highest BCUT2D eigenvalue weighted by Gasteiger charge is 2.35. The standard InChI is InChI=1S/C15H21N3O2/c1-11(14-4-2-3-5-15(14)18(19)20)17-7-6-12-8-16-9-13(12)10-17/h2-5,11-13,16H,6-10H2,1H3. The van der Waals surface area contributed by atoms with Crippen LogP contribution in [0.1, 0.15) is 24.9 Å². The number of nitrogens with one attached hydrogen (secondary N) is 1. The lowest BCUT2D eigenvalue weighted by Crippen LogP contribution is -2.41. The van der Waals surface area contributed by atoms with Gasteiger partial charge in [0.2, 0.25) is 0 Å². The van der Waals surface area contributed by atoms with Crippen LogP contribution in [0.25, 0.3) is 0 Å². The predicted octanol–water partition coefficient (Wildman–Crippen LogP) is 2.20. The molecule has 5 nitrogen and oxygen atoms in total. The second kappa shape index (κ2) is 5.50. The molecule has 3 atom stereocenters. The molecule has 3 unspecified atom stereocenters. The van der Waals surface area contributed by atoms with E-state index in [4.69, 9.17) is 0 Å². The topological polar surface area (TPSA) is 58.4 Å². The molecule has 1 aromatic rings. The van der Waals surface area contributed by atoms with E-state index in [0.29, 0.717) is 5.92 Å². The summed E-state index contributed by atoms with van der Waals surface area (Å²) in [5, 5.41) is 14.6. The third-order valence-corrected chi connectivity index (χ3v) is 4.87. The average molecular weight is 275 g/mol. The molecule has 20 heavy (non-hydrogen) atoms. The molecule has 0 amide bonds. The second-order valence-electron chi connectivity index (χ2n) is 5.95. The molecule has 1 aromatic carbocycles. The fraction of sp³-hybridized carbons (Fsp3) is 0.600. The molecule has 2 fully saturated rings. The summed E-state index contributed by atoms with van der Waals surface area (Å²) in [5.74, 6) is 1.50. The van der Waals surface area contributed by atoms with Gasteiger partial charge in [-0.3, -0.25) is 15.0 Å². The highest BCUT2D eigenvalue weighted by molar-refractivity contribution is 5.41. The van der Waals surface area contributed by atoms with Gasteiger partial charge in [0.25, 0.3) is 5.69 Å². The SMILES string of the molecule is CC(c1ccccc1[N+](=O)[O-])N1CCC2CNCC2C1. The van der Waals surface area contributed by atoms with Crippen LogP contribution in [0.15, 0.2) is 24.3 Å². The number of rotatable bonds is 3. The second-order valence-corrected chi connectivity index (χ2v) is 5.95. The van der Waals surface area contributed by atoms with Crippen molar-refractivity contribution < 1.29 is 4.92 Å². The van der Waals surface area contributed by atoms with Crippen LogP contribution in [0, 0.1) is 22.0 Å². The third kappa shape index (κ3) is 2.43. The van der Waals surface area contributed by atoms with Gasteiger partial charge in [-0.2, -0.15) is 0 Å². The molecular formula is C15H21N3O2. The van der Waals surface area contributed by atoms with Crippen molar-refractivity contribution >= 4 is 5.69 Å². The van der Waals surface area contributed by atoms with E-state index in [0.717, 1.165) is 37.7 Å². The lowest BCUT2D eigenvalue weighted by molar-refractivity contribution is -0.386. The number of hydrogen-bond donors (Lipinski definition) is 1. The van der Waals surface area contributed by atoms with E-state index >= 15 is 0 Å². The zero-order valence-corrected chi connectivity index (χ0v) is 11.8. The number of piperidine rings is 1. The first kappa shape index (κ1) is 13.5. The van der Waals surface area contributed by atoms with Crippen LogP contribution >= 0.6 is 0 Å². The van der Waals surface area contributed by atoms with Crippen molar-refractivity contribution in [3.63, 3.8) is 0 Å². The lowest BCUT2D eigenvalue weighted by atomic mass is 9.87. The number of fused-ring (bicyclic) bond motifs is 1. The summed E-state index contributed by atoms with van der Waals surface area (Å²) >= 11 is 0. The Morgan fingerprint density at radius 2 is 2.10 bits per heavy atom. The van der Waals surface area contributed by atoms with Gasteiger partial charge in [0.15, 0.2) is 0 Å². The van der Waals surface area contributed by atoms with Crippen LogP contribution < -0.4 is 5.32 Å². The highest BCUT2D eigenvalue weighted by Crippen LogP contribution is 2.34. The number of hydrogen-bond acceptors (Lipinski definition) is 4. The zero-order chi connectivity index (χ0) is 14.1. The predicted molar refractivity (Wildman–Crippen MR) is 77.6 cm³/mol. The number of nitro groups is 1. The van der Waals surface area contributed by atoms with Crippen molar-refractivity contribution in [2.24, 2.45) is 11.8 Å². The van der Waals surface area contributed by atoms with Crippen molar-refractivity contribution in [2.45, 2.75) is 19.4 Å². The van der Waals surface area contributed by atoms with Crippen LogP contribution in [0.5, 0.6) is 0 Å². The van der Waals surface area contributed by atoms with Gasteiger partial charge in [0.1, 0.15) is 0 Å². The monoisotopic (exact) mass is 275 g/mol. The van der Waals surface area contributed by atoms with Gasteiger partial charge in [-0.05, 0) is 44.8 Å². The first-order valence-corrected chi connectivity index (χ1v) is 7.35. The number of nitro benzene ring substituents is 1. The molecule has 2 aliphatic heterocycles. The van der Waals surface area contributed by atoms with E-state index < -0.39 is 0 Å². The quantitative estimate of drug-likeness (QED) is 0.678. The zero-order valence-electron chi connectivity index (χ0n) is 11.8. The van der Waals surface area contributed by atoms with Crippen molar-refractivity contribution in [3.05, 3.63) is 39.9 Å². The minimum Gasteiger partial charge on any atom is -0.316 e. The van der Waals surface area contributed by atoms with E-state index in [1.54, 1.807) is 12.1 Å². The first-order valence-electron chi connectivity index (χ1n) is 7.35. The van der Waals surface area contributed by atoms with Crippen LogP contribution in [0.4, 0.5) is 5.69 Å². The molecule has 2 saturated heterocycles. The summed E-state index contributed by atoms with van der Waals surface area (Å²) in [4.78, 5) is 13.3. The van der Waals surface area contributed by atoms with Gasteiger partial charge in [-0.15, -0.1) is 0 Å². The number of likely N-dealkylation sites (tertiary alicyclic amines) is 1. The van der Waals surface area contributed by atoms with E-state index in [2.05, 4.69) is 17.1 Å². The molecule has 0 spiro atoms. The van der Waals surface area contributed by atoms with Gasteiger partial charge >= 0.3 is 0 Å². The van der Waals surface area contributed by atoms with Crippen LogP contribution in [-0.4, -0.2) is 36.0 Å². The molecule has 0 saturated carbocycles. The summed E-state index contributed by atoms with van der Waals surface area (Å²) in [6.07, 6.45) is 1.20. The van der Waals surface area contributed by atoms with Crippen molar-refractivity contribution in [3.8, 4) is 0 Å². The fourth-order valence-electron chi connectivity index (χ4n) is 3.62. The Morgan fingerprint density at radius 1 is 1.35 bits per heavy atom. The minimum atomic E-state index is -0.268. The van der Waals surface area contributed by atoms with Crippen LogP contribution in [0.3, 0.4) is 0 Å². The van der Waals surface area contributed by atoms with E-state index in [-0.39, 0.29) is 16.7 Å². The van der Waals surface area contributed by atoms with Gasteiger partial charge in [0.05, 0.1) is 4.92 Å². The third-order valence-electron chi connectivity index (χ3n) is 4.87. The minimum absolute atomic E-state index is 0.109. The molecule has 0 aromatic heterocycles. The van der Waals surface area contributed by atoms with Crippen molar-refractivity contribution in [1.29, 1.82) is 0 Å².